The minimum atomic E-state index is -0.990. The van der Waals surface area contributed by atoms with Crippen LogP contribution in [0.1, 0.15) is 36.0 Å². The number of imidazole rings is 1. The van der Waals surface area contributed by atoms with Crippen molar-refractivity contribution in [3.63, 3.8) is 0 Å². The number of nitrogens with zero attached hydrogens (tertiary/aromatic N) is 5. The van der Waals surface area contributed by atoms with Crippen LogP contribution in [0.25, 0.3) is 0 Å². The van der Waals surface area contributed by atoms with E-state index in [2.05, 4.69) is 28.9 Å². The molecule has 0 bridgehead atoms. The molecular formula is C12H17N5O2. The van der Waals surface area contributed by atoms with Gasteiger partial charge < -0.3 is 9.67 Å². The lowest BCUT2D eigenvalue weighted by atomic mass is 10.2. The van der Waals surface area contributed by atoms with Gasteiger partial charge in [0.05, 0.1) is 12.7 Å². The molecular weight excluding hydrogens is 246 g/mol. The predicted octanol–water partition coefficient (Wildman–Crippen LogP) is 1.19. The van der Waals surface area contributed by atoms with Crippen LogP contribution in [0.4, 0.5) is 0 Å². The van der Waals surface area contributed by atoms with E-state index in [1.807, 2.05) is 0 Å². The fourth-order valence-corrected chi connectivity index (χ4v) is 1.89. The molecule has 7 heteroatoms. The fraction of sp³-hybridized carbons (Fsp3) is 0.500. The van der Waals surface area contributed by atoms with E-state index < -0.39 is 5.97 Å². The summed E-state index contributed by atoms with van der Waals surface area (Å²) in [5, 5.41) is 13.3. The second-order valence-electron chi connectivity index (χ2n) is 4.83. The van der Waals surface area contributed by atoms with Crippen molar-refractivity contribution in [3.05, 3.63) is 29.9 Å². The Hall–Kier alpha value is -2.18. The average molecular weight is 263 g/mol. The molecule has 2 aromatic rings. The summed E-state index contributed by atoms with van der Waals surface area (Å²) in [5.41, 5.74) is 0.164. The van der Waals surface area contributed by atoms with E-state index in [4.69, 9.17) is 5.11 Å². The van der Waals surface area contributed by atoms with Gasteiger partial charge in [0.15, 0.2) is 0 Å². The predicted molar refractivity (Wildman–Crippen MR) is 67.9 cm³/mol. The van der Waals surface area contributed by atoms with Gasteiger partial charge in [-0.2, -0.15) is 5.10 Å². The molecule has 102 valence electrons. The number of rotatable bonds is 5. The number of carbonyl (C=O) groups is 1. The number of aromatic carboxylic acids is 1. The summed E-state index contributed by atoms with van der Waals surface area (Å²) in [7, 11) is 0. The molecule has 2 aromatic heterocycles. The average Bonchev–Trinajstić information content (AvgIpc) is 2.88. The van der Waals surface area contributed by atoms with Gasteiger partial charge in [-0.05, 0) is 12.8 Å². The Labute approximate surface area is 110 Å². The van der Waals surface area contributed by atoms with Gasteiger partial charge in [0.1, 0.15) is 23.7 Å². The number of carboxylic acids is 1. The maximum atomic E-state index is 11.1. The molecule has 2 heterocycles. The quantitative estimate of drug-likeness (QED) is 0.875. The maximum absolute atomic E-state index is 11.1. The maximum Gasteiger partial charge on any atom is 0.354 e. The molecule has 0 radical (unpaired) electrons. The SMILES string of the molecule is Cc1ncc(C(=O)O)n1Cc1ncnn1CC(C)C. The van der Waals surface area contributed by atoms with Gasteiger partial charge in [-0.3, -0.25) is 0 Å². The Morgan fingerprint density at radius 3 is 2.79 bits per heavy atom. The molecule has 0 aliphatic carbocycles. The van der Waals surface area contributed by atoms with E-state index >= 15 is 0 Å². The Kier molecular flexibility index (Phi) is 3.64. The molecule has 0 aliphatic rings. The molecule has 0 atom stereocenters. The normalized spacial score (nSPS) is 11.2. The monoisotopic (exact) mass is 263 g/mol. The van der Waals surface area contributed by atoms with Crippen LogP contribution in [0.15, 0.2) is 12.5 Å². The lowest BCUT2D eigenvalue weighted by Gasteiger charge is -2.11. The summed E-state index contributed by atoms with van der Waals surface area (Å²) >= 11 is 0. The highest BCUT2D eigenvalue weighted by Gasteiger charge is 2.16. The van der Waals surface area contributed by atoms with Crippen LogP contribution in [0, 0.1) is 12.8 Å². The first-order chi connectivity index (χ1) is 8.99. The second-order valence-corrected chi connectivity index (χ2v) is 4.83. The van der Waals surface area contributed by atoms with Gasteiger partial charge in [-0.1, -0.05) is 13.8 Å². The fourth-order valence-electron chi connectivity index (χ4n) is 1.89. The van der Waals surface area contributed by atoms with E-state index in [0.29, 0.717) is 18.3 Å². The zero-order valence-corrected chi connectivity index (χ0v) is 11.2. The lowest BCUT2D eigenvalue weighted by Crippen LogP contribution is -2.16. The van der Waals surface area contributed by atoms with Gasteiger partial charge in [-0.15, -0.1) is 0 Å². The molecule has 0 amide bonds. The summed E-state index contributed by atoms with van der Waals surface area (Å²) in [5.74, 6) is 0.840. The van der Waals surface area contributed by atoms with Crippen LogP contribution in [0.3, 0.4) is 0 Å². The van der Waals surface area contributed by atoms with Crippen molar-refractivity contribution in [3.8, 4) is 0 Å². The summed E-state index contributed by atoms with van der Waals surface area (Å²) in [4.78, 5) is 19.4. The molecule has 0 aliphatic heterocycles. The summed E-state index contributed by atoms with van der Waals surface area (Å²) in [6, 6.07) is 0. The second kappa shape index (κ2) is 5.21. The van der Waals surface area contributed by atoms with Crippen molar-refractivity contribution in [1.29, 1.82) is 0 Å². The molecule has 2 rings (SSSR count). The van der Waals surface area contributed by atoms with Gasteiger partial charge in [-0.25, -0.2) is 19.4 Å². The number of hydrogen-bond acceptors (Lipinski definition) is 4. The van der Waals surface area contributed by atoms with E-state index in [1.165, 1.54) is 12.5 Å². The molecule has 0 saturated heterocycles. The van der Waals surface area contributed by atoms with E-state index in [-0.39, 0.29) is 5.69 Å². The molecule has 0 spiro atoms. The zero-order chi connectivity index (χ0) is 14.0. The molecule has 0 unspecified atom stereocenters. The van der Waals surface area contributed by atoms with Gasteiger partial charge in [0.25, 0.3) is 0 Å². The van der Waals surface area contributed by atoms with Crippen LogP contribution < -0.4 is 0 Å². The van der Waals surface area contributed by atoms with Crippen molar-refractivity contribution in [2.75, 3.05) is 0 Å². The first kappa shape index (κ1) is 13.3. The highest BCUT2D eigenvalue weighted by Crippen LogP contribution is 2.09. The minimum Gasteiger partial charge on any atom is -0.477 e. The lowest BCUT2D eigenvalue weighted by molar-refractivity contribution is 0.0685. The van der Waals surface area contributed by atoms with Crippen molar-refractivity contribution in [1.82, 2.24) is 24.3 Å². The molecule has 7 nitrogen and oxygen atoms in total. The molecule has 1 N–H and O–H groups in total. The molecule has 0 aromatic carbocycles. The van der Waals surface area contributed by atoms with Gasteiger partial charge >= 0.3 is 5.97 Å². The van der Waals surface area contributed by atoms with E-state index in [0.717, 1.165) is 12.4 Å². The van der Waals surface area contributed by atoms with Crippen molar-refractivity contribution in [2.45, 2.75) is 33.9 Å². The standard InChI is InChI=1S/C12H17N5O2/c1-8(2)5-17-11(14-7-15-17)6-16-9(3)13-4-10(16)12(18)19/h4,7-8H,5-6H2,1-3H3,(H,18,19). The first-order valence-corrected chi connectivity index (χ1v) is 6.11. The third kappa shape index (κ3) is 2.81. The highest BCUT2D eigenvalue weighted by atomic mass is 16.4. The summed E-state index contributed by atoms with van der Waals surface area (Å²) in [6.07, 6.45) is 2.85. The van der Waals surface area contributed by atoms with Crippen LogP contribution in [-0.4, -0.2) is 35.4 Å². The number of hydrogen-bond donors (Lipinski definition) is 1. The van der Waals surface area contributed by atoms with E-state index in [1.54, 1.807) is 16.2 Å². The highest BCUT2D eigenvalue weighted by molar-refractivity contribution is 5.85. The van der Waals surface area contributed by atoms with Crippen LogP contribution in [0.5, 0.6) is 0 Å². The van der Waals surface area contributed by atoms with Crippen molar-refractivity contribution in [2.24, 2.45) is 5.92 Å². The number of aryl methyl sites for hydroxylation is 1. The largest absolute Gasteiger partial charge is 0.477 e. The topological polar surface area (TPSA) is 85.8 Å². The van der Waals surface area contributed by atoms with Crippen LogP contribution in [0.2, 0.25) is 0 Å². The zero-order valence-electron chi connectivity index (χ0n) is 11.2. The third-order valence-corrected chi connectivity index (χ3v) is 2.81. The molecule has 19 heavy (non-hydrogen) atoms. The first-order valence-electron chi connectivity index (χ1n) is 6.11. The number of carboxylic acid groups (broad SMARTS) is 1. The minimum absolute atomic E-state index is 0.164. The smallest absolute Gasteiger partial charge is 0.354 e. The number of aromatic nitrogens is 5. The van der Waals surface area contributed by atoms with Gasteiger partial charge in [0.2, 0.25) is 0 Å². The third-order valence-electron chi connectivity index (χ3n) is 2.81. The van der Waals surface area contributed by atoms with E-state index in [9.17, 15) is 4.79 Å². The van der Waals surface area contributed by atoms with Crippen LogP contribution in [-0.2, 0) is 13.1 Å². The molecule has 0 saturated carbocycles. The summed E-state index contributed by atoms with van der Waals surface area (Å²) < 4.78 is 3.43. The van der Waals surface area contributed by atoms with Crippen molar-refractivity contribution >= 4 is 5.97 Å². The Bertz CT molecular complexity index is 585. The van der Waals surface area contributed by atoms with Crippen molar-refractivity contribution < 1.29 is 9.90 Å². The Morgan fingerprint density at radius 1 is 1.42 bits per heavy atom. The van der Waals surface area contributed by atoms with Crippen LogP contribution >= 0.6 is 0 Å². The Balaban J connectivity index is 2.29. The van der Waals surface area contributed by atoms with Gasteiger partial charge in [0, 0.05) is 6.54 Å². The molecule has 0 fully saturated rings. The summed E-state index contributed by atoms with van der Waals surface area (Å²) in [6.45, 7) is 7.08. The Morgan fingerprint density at radius 2 is 2.16 bits per heavy atom.